The van der Waals surface area contributed by atoms with Crippen LogP contribution in [0.1, 0.15) is 47.9 Å². The van der Waals surface area contributed by atoms with Crippen molar-refractivity contribution in [3.05, 3.63) is 59.2 Å². The van der Waals surface area contributed by atoms with Gasteiger partial charge in [0.25, 0.3) is 0 Å². The Bertz CT molecular complexity index is 1030. The van der Waals surface area contributed by atoms with E-state index < -0.39 is 11.7 Å². The first-order valence-corrected chi connectivity index (χ1v) is 9.47. The summed E-state index contributed by atoms with van der Waals surface area (Å²) in [6, 6.07) is 6.91. The summed E-state index contributed by atoms with van der Waals surface area (Å²) < 4.78 is 44.6. The molecule has 4 rings (SSSR count). The molecule has 1 saturated heterocycles. The fourth-order valence-electron chi connectivity index (χ4n) is 3.54. The fraction of sp³-hybridized carbons (Fsp3) is 0.381. The second kappa shape index (κ2) is 7.59. The highest BCUT2D eigenvalue weighted by molar-refractivity contribution is 5.89. The summed E-state index contributed by atoms with van der Waals surface area (Å²) in [6.45, 7) is 4.94. The number of rotatable bonds is 4. The van der Waals surface area contributed by atoms with Crippen LogP contribution in [0.25, 0.3) is 10.9 Å². The van der Waals surface area contributed by atoms with Crippen molar-refractivity contribution < 1.29 is 17.9 Å². The van der Waals surface area contributed by atoms with Crippen LogP contribution in [-0.2, 0) is 10.9 Å². The van der Waals surface area contributed by atoms with Crippen molar-refractivity contribution in [2.45, 2.75) is 38.4 Å². The van der Waals surface area contributed by atoms with E-state index in [2.05, 4.69) is 20.3 Å². The first kappa shape index (κ1) is 19.6. The molecule has 0 aliphatic carbocycles. The number of aromatic nitrogens is 3. The Labute approximate surface area is 166 Å². The minimum absolute atomic E-state index is 0.231. The molecule has 0 bridgehead atoms. The normalized spacial score (nSPS) is 18.2. The lowest BCUT2D eigenvalue weighted by molar-refractivity contribution is -0.137. The standard InChI is InChI=1S/C21H21F3N4O/c1-12(14-4-3-5-16(8-14)21(22,23)24)26-20-17-9-18(15-6-7-29-11-15)25-10-19(17)27-13(2)28-20/h3-5,8-10,12,15H,6-7,11H2,1-2H3,(H,26,27,28)/t12-,15+/m1/s1. The minimum atomic E-state index is -4.38. The molecule has 1 aliphatic heterocycles. The van der Waals surface area contributed by atoms with Crippen molar-refractivity contribution in [1.82, 2.24) is 15.0 Å². The molecule has 2 aromatic heterocycles. The molecule has 5 nitrogen and oxygen atoms in total. The number of hydrogen-bond acceptors (Lipinski definition) is 5. The molecule has 0 unspecified atom stereocenters. The van der Waals surface area contributed by atoms with Crippen molar-refractivity contribution >= 4 is 16.7 Å². The zero-order chi connectivity index (χ0) is 20.6. The third-order valence-electron chi connectivity index (χ3n) is 5.13. The van der Waals surface area contributed by atoms with Crippen molar-refractivity contribution in [2.24, 2.45) is 0 Å². The number of alkyl halides is 3. The zero-order valence-electron chi connectivity index (χ0n) is 16.1. The van der Waals surface area contributed by atoms with Gasteiger partial charge in [-0.15, -0.1) is 0 Å². The topological polar surface area (TPSA) is 59.9 Å². The third kappa shape index (κ3) is 4.17. The fourth-order valence-corrected chi connectivity index (χ4v) is 3.54. The maximum Gasteiger partial charge on any atom is 0.416 e. The Morgan fingerprint density at radius 2 is 2.03 bits per heavy atom. The lowest BCUT2D eigenvalue weighted by Gasteiger charge is -2.18. The Balaban J connectivity index is 1.68. The van der Waals surface area contributed by atoms with Gasteiger partial charge in [-0.2, -0.15) is 13.2 Å². The van der Waals surface area contributed by atoms with Crippen LogP contribution in [0.3, 0.4) is 0 Å². The van der Waals surface area contributed by atoms with Gasteiger partial charge in [0.1, 0.15) is 11.6 Å². The first-order chi connectivity index (χ1) is 13.8. The largest absolute Gasteiger partial charge is 0.416 e. The van der Waals surface area contributed by atoms with Gasteiger partial charge in [0.2, 0.25) is 0 Å². The van der Waals surface area contributed by atoms with Crippen molar-refractivity contribution in [2.75, 3.05) is 18.5 Å². The molecule has 2 atom stereocenters. The molecule has 0 spiro atoms. The second-order valence-electron chi connectivity index (χ2n) is 7.30. The molecular weight excluding hydrogens is 381 g/mol. The summed E-state index contributed by atoms with van der Waals surface area (Å²) in [5, 5.41) is 4.06. The van der Waals surface area contributed by atoms with Gasteiger partial charge in [-0.05, 0) is 44.0 Å². The maximum absolute atomic E-state index is 13.1. The Morgan fingerprint density at radius 1 is 1.21 bits per heavy atom. The maximum atomic E-state index is 13.1. The molecule has 29 heavy (non-hydrogen) atoms. The van der Waals surface area contributed by atoms with Crippen LogP contribution in [0.2, 0.25) is 0 Å². The van der Waals surface area contributed by atoms with E-state index in [1.54, 1.807) is 19.2 Å². The van der Waals surface area contributed by atoms with Gasteiger partial charge < -0.3 is 10.1 Å². The molecule has 0 saturated carbocycles. The van der Waals surface area contributed by atoms with E-state index in [0.717, 1.165) is 29.6 Å². The lowest BCUT2D eigenvalue weighted by atomic mass is 10.0. The first-order valence-electron chi connectivity index (χ1n) is 9.47. The van der Waals surface area contributed by atoms with Gasteiger partial charge in [-0.3, -0.25) is 4.98 Å². The number of hydrogen-bond donors (Lipinski definition) is 1. The quantitative estimate of drug-likeness (QED) is 0.663. The number of halogens is 3. The number of fused-ring (bicyclic) bond motifs is 1. The number of ether oxygens (including phenoxy) is 1. The molecule has 3 heterocycles. The van der Waals surface area contributed by atoms with E-state index in [1.807, 2.05) is 13.0 Å². The van der Waals surface area contributed by atoms with Gasteiger partial charge in [0.15, 0.2) is 0 Å². The van der Waals surface area contributed by atoms with E-state index in [-0.39, 0.29) is 12.0 Å². The van der Waals surface area contributed by atoms with Crippen molar-refractivity contribution in [1.29, 1.82) is 0 Å². The average molecular weight is 402 g/mol. The summed E-state index contributed by atoms with van der Waals surface area (Å²) in [5.41, 5.74) is 1.47. The minimum Gasteiger partial charge on any atom is -0.381 e. The highest BCUT2D eigenvalue weighted by atomic mass is 19.4. The summed E-state index contributed by atoms with van der Waals surface area (Å²) in [4.78, 5) is 13.5. The highest BCUT2D eigenvalue weighted by Gasteiger charge is 2.30. The van der Waals surface area contributed by atoms with Crippen LogP contribution in [0, 0.1) is 6.92 Å². The van der Waals surface area contributed by atoms with Gasteiger partial charge in [-0.1, -0.05) is 12.1 Å². The predicted octanol–water partition coefficient (Wildman–Crippen LogP) is 5.03. The van der Waals surface area contributed by atoms with Gasteiger partial charge in [0, 0.05) is 29.6 Å². The Hall–Kier alpha value is -2.74. The number of benzene rings is 1. The molecule has 1 N–H and O–H groups in total. The van der Waals surface area contributed by atoms with E-state index in [4.69, 9.17) is 4.74 Å². The molecule has 3 aromatic rings. The zero-order valence-corrected chi connectivity index (χ0v) is 16.1. The van der Waals surface area contributed by atoms with Crippen LogP contribution in [0.5, 0.6) is 0 Å². The highest BCUT2D eigenvalue weighted by Crippen LogP contribution is 2.33. The van der Waals surface area contributed by atoms with Crippen LogP contribution in [0.4, 0.5) is 19.0 Å². The molecule has 1 aromatic carbocycles. The van der Waals surface area contributed by atoms with E-state index in [0.29, 0.717) is 35.9 Å². The smallest absolute Gasteiger partial charge is 0.381 e. The second-order valence-corrected chi connectivity index (χ2v) is 7.30. The number of aryl methyl sites for hydroxylation is 1. The van der Waals surface area contributed by atoms with Gasteiger partial charge >= 0.3 is 6.18 Å². The van der Waals surface area contributed by atoms with Gasteiger partial charge in [0.05, 0.1) is 23.9 Å². The number of nitrogens with zero attached hydrogens (tertiary/aromatic N) is 3. The molecule has 0 radical (unpaired) electrons. The summed E-state index contributed by atoms with van der Waals surface area (Å²) in [6.07, 6.45) is -1.75. The molecular formula is C21H21F3N4O. The van der Waals surface area contributed by atoms with E-state index in [9.17, 15) is 13.2 Å². The van der Waals surface area contributed by atoms with Crippen LogP contribution < -0.4 is 5.32 Å². The average Bonchev–Trinajstić information content (AvgIpc) is 3.22. The van der Waals surface area contributed by atoms with Crippen LogP contribution >= 0.6 is 0 Å². The van der Waals surface area contributed by atoms with Gasteiger partial charge in [-0.25, -0.2) is 9.97 Å². The molecule has 1 fully saturated rings. The number of anilines is 1. The number of pyridine rings is 1. The van der Waals surface area contributed by atoms with Crippen molar-refractivity contribution in [3.8, 4) is 0 Å². The SMILES string of the molecule is Cc1nc(N[C@H](C)c2cccc(C(F)(F)F)c2)c2cc([C@H]3CCOC3)ncc2n1. The lowest BCUT2D eigenvalue weighted by Crippen LogP contribution is -2.12. The third-order valence-corrected chi connectivity index (χ3v) is 5.13. The predicted molar refractivity (Wildman–Crippen MR) is 104 cm³/mol. The summed E-state index contributed by atoms with van der Waals surface area (Å²) >= 11 is 0. The van der Waals surface area contributed by atoms with Crippen molar-refractivity contribution in [3.63, 3.8) is 0 Å². The van der Waals surface area contributed by atoms with E-state index in [1.165, 1.54) is 6.07 Å². The summed E-state index contributed by atoms with van der Waals surface area (Å²) in [7, 11) is 0. The van der Waals surface area contributed by atoms with Crippen LogP contribution in [0.15, 0.2) is 36.5 Å². The molecule has 0 amide bonds. The van der Waals surface area contributed by atoms with E-state index >= 15 is 0 Å². The Kier molecular flexibility index (Phi) is 5.12. The molecule has 152 valence electrons. The summed E-state index contributed by atoms with van der Waals surface area (Å²) in [5.74, 6) is 1.38. The number of nitrogens with one attached hydrogen (secondary N) is 1. The monoisotopic (exact) mass is 402 g/mol. The molecule has 1 aliphatic rings. The van der Waals surface area contributed by atoms with Crippen LogP contribution in [-0.4, -0.2) is 28.2 Å². The molecule has 8 heteroatoms. The Morgan fingerprint density at radius 3 is 2.76 bits per heavy atom.